The number of β-amino-alcohol motifs (C(OH)–C–C–N with tert-alkyl or cyclic N) is 1. The molecule has 5 heteroatoms. The van der Waals surface area contributed by atoms with Gasteiger partial charge in [0, 0.05) is 33.7 Å². The first kappa shape index (κ1) is 18.2. The summed E-state index contributed by atoms with van der Waals surface area (Å²) >= 11 is 2.35. The normalized spacial score (nSPS) is 21.1. The van der Waals surface area contributed by atoms with Crippen molar-refractivity contribution < 1.29 is 9.90 Å². The molecule has 1 aliphatic heterocycles. The average molecular weight is 486 g/mol. The van der Waals surface area contributed by atoms with E-state index in [9.17, 15) is 9.90 Å². The standard InChI is InChI=1S/C23H23IN2O2/c24-16-7-5-15(6-8-16)23(10-2-11-23)20-13-25-21-18(20)3-1-4-19(21)22(28)26-12-9-17(27)14-26/h1,3-8,13,17,25,27H,2,9-12,14H2/t17-/m0/s1. The Kier molecular flexibility index (Phi) is 4.47. The molecule has 1 aromatic heterocycles. The van der Waals surface area contributed by atoms with Gasteiger partial charge in [-0.15, -0.1) is 0 Å². The van der Waals surface area contributed by atoms with Crippen molar-refractivity contribution in [2.24, 2.45) is 0 Å². The van der Waals surface area contributed by atoms with Gasteiger partial charge in [-0.3, -0.25) is 4.79 Å². The zero-order valence-electron chi connectivity index (χ0n) is 15.6. The Morgan fingerprint density at radius 1 is 1.18 bits per heavy atom. The molecule has 28 heavy (non-hydrogen) atoms. The number of aliphatic hydroxyl groups is 1. The van der Waals surface area contributed by atoms with Crippen molar-refractivity contribution in [2.75, 3.05) is 13.1 Å². The van der Waals surface area contributed by atoms with Crippen LogP contribution in [0.4, 0.5) is 0 Å². The smallest absolute Gasteiger partial charge is 0.256 e. The minimum atomic E-state index is -0.401. The monoisotopic (exact) mass is 486 g/mol. The third-order valence-electron chi connectivity index (χ3n) is 6.52. The molecule has 0 unspecified atom stereocenters. The number of nitrogens with one attached hydrogen (secondary N) is 1. The molecular weight excluding hydrogens is 463 g/mol. The lowest BCUT2D eigenvalue weighted by molar-refractivity contribution is 0.0766. The summed E-state index contributed by atoms with van der Waals surface area (Å²) in [5.41, 5.74) is 4.31. The molecule has 1 saturated carbocycles. The summed E-state index contributed by atoms with van der Waals surface area (Å²) in [4.78, 5) is 18.2. The van der Waals surface area contributed by atoms with Crippen LogP contribution in [-0.4, -0.2) is 40.1 Å². The fraction of sp³-hybridized carbons (Fsp3) is 0.348. The SMILES string of the molecule is O=C(c1cccc2c(C3(c4ccc(I)cc4)CCC3)c[nH]c12)N1CC[C@H](O)C1. The van der Waals surface area contributed by atoms with Gasteiger partial charge in [-0.25, -0.2) is 0 Å². The molecule has 1 aliphatic carbocycles. The van der Waals surface area contributed by atoms with E-state index in [1.54, 1.807) is 4.90 Å². The van der Waals surface area contributed by atoms with E-state index in [0.717, 1.165) is 23.7 Å². The largest absolute Gasteiger partial charge is 0.391 e. The van der Waals surface area contributed by atoms with E-state index in [1.165, 1.54) is 21.1 Å². The number of carbonyl (C=O) groups excluding carboxylic acids is 1. The van der Waals surface area contributed by atoms with Gasteiger partial charge in [0.2, 0.25) is 0 Å². The molecule has 1 amide bonds. The third-order valence-corrected chi connectivity index (χ3v) is 7.24. The van der Waals surface area contributed by atoms with Crippen molar-refractivity contribution >= 4 is 39.4 Å². The maximum Gasteiger partial charge on any atom is 0.256 e. The van der Waals surface area contributed by atoms with Gasteiger partial charge in [0.15, 0.2) is 0 Å². The minimum Gasteiger partial charge on any atom is -0.391 e. The predicted molar refractivity (Wildman–Crippen MR) is 119 cm³/mol. The number of likely N-dealkylation sites (tertiary alicyclic amines) is 1. The van der Waals surface area contributed by atoms with Crippen molar-refractivity contribution in [1.82, 2.24) is 9.88 Å². The van der Waals surface area contributed by atoms with Gasteiger partial charge < -0.3 is 15.0 Å². The first-order valence-corrected chi connectivity index (χ1v) is 11.0. The Balaban J connectivity index is 1.58. The van der Waals surface area contributed by atoms with Gasteiger partial charge in [-0.1, -0.05) is 30.7 Å². The molecule has 144 valence electrons. The highest BCUT2D eigenvalue weighted by molar-refractivity contribution is 14.1. The summed E-state index contributed by atoms with van der Waals surface area (Å²) in [5.74, 6) is 0.00692. The van der Waals surface area contributed by atoms with Gasteiger partial charge in [0.25, 0.3) is 5.91 Å². The number of halogens is 1. The van der Waals surface area contributed by atoms with E-state index in [4.69, 9.17) is 0 Å². The Morgan fingerprint density at radius 2 is 1.96 bits per heavy atom. The van der Waals surface area contributed by atoms with Gasteiger partial charge in [-0.05, 0) is 71.2 Å². The van der Waals surface area contributed by atoms with Gasteiger partial charge in [-0.2, -0.15) is 0 Å². The summed E-state index contributed by atoms with van der Waals surface area (Å²) in [6, 6.07) is 14.9. The topological polar surface area (TPSA) is 56.3 Å². The number of fused-ring (bicyclic) bond motifs is 1. The number of rotatable bonds is 3. The molecule has 2 N–H and O–H groups in total. The molecule has 3 aromatic rings. The van der Waals surface area contributed by atoms with Crippen molar-refractivity contribution in [3.63, 3.8) is 0 Å². The molecule has 1 atom stereocenters. The third kappa shape index (κ3) is 2.78. The van der Waals surface area contributed by atoms with Crippen LogP contribution in [0.15, 0.2) is 48.7 Å². The summed E-state index contributed by atoms with van der Waals surface area (Å²) < 4.78 is 1.25. The van der Waals surface area contributed by atoms with E-state index in [-0.39, 0.29) is 11.3 Å². The van der Waals surface area contributed by atoms with Crippen molar-refractivity contribution in [3.8, 4) is 0 Å². The van der Waals surface area contributed by atoms with Crippen LogP contribution in [0.25, 0.3) is 10.9 Å². The molecule has 2 fully saturated rings. The zero-order valence-corrected chi connectivity index (χ0v) is 17.8. The lowest BCUT2D eigenvalue weighted by atomic mass is 9.60. The molecule has 1 saturated heterocycles. The molecule has 4 nitrogen and oxygen atoms in total. The van der Waals surface area contributed by atoms with E-state index < -0.39 is 6.10 Å². The summed E-state index contributed by atoms with van der Waals surface area (Å²) in [7, 11) is 0. The highest BCUT2D eigenvalue weighted by Gasteiger charge is 2.42. The Hall–Kier alpha value is -1.86. The average Bonchev–Trinajstić information content (AvgIpc) is 3.29. The maximum absolute atomic E-state index is 13.1. The van der Waals surface area contributed by atoms with Crippen molar-refractivity contribution in [1.29, 1.82) is 0 Å². The molecule has 0 bridgehead atoms. The number of H-pyrrole nitrogens is 1. The van der Waals surface area contributed by atoms with Crippen molar-refractivity contribution in [2.45, 2.75) is 37.2 Å². The van der Waals surface area contributed by atoms with Gasteiger partial charge >= 0.3 is 0 Å². The quantitative estimate of drug-likeness (QED) is 0.538. The number of aromatic amines is 1. The Labute approximate surface area is 178 Å². The van der Waals surface area contributed by atoms with Crippen LogP contribution in [-0.2, 0) is 5.41 Å². The second-order valence-electron chi connectivity index (χ2n) is 8.07. The van der Waals surface area contributed by atoms with Crippen molar-refractivity contribution in [3.05, 3.63) is 68.9 Å². The molecule has 2 aliphatic rings. The van der Waals surface area contributed by atoms with E-state index >= 15 is 0 Å². The molecule has 0 radical (unpaired) electrons. The van der Waals surface area contributed by atoms with Crippen LogP contribution in [0.3, 0.4) is 0 Å². The number of benzene rings is 2. The lowest BCUT2D eigenvalue weighted by Crippen LogP contribution is -2.35. The molecular formula is C23H23IN2O2. The van der Waals surface area contributed by atoms with Crippen LogP contribution < -0.4 is 0 Å². The fourth-order valence-corrected chi connectivity index (χ4v) is 5.20. The Bertz CT molecular complexity index is 1040. The number of amides is 1. The van der Waals surface area contributed by atoms with Crippen LogP contribution >= 0.6 is 22.6 Å². The van der Waals surface area contributed by atoms with Crippen LogP contribution in [0.2, 0.25) is 0 Å². The maximum atomic E-state index is 13.1. The number of nitrogens with zero attached hydrogens (tertiary/aromatic N) is 1. The molecule has 0 spiro atoms. The highest BCUT2D eigenvalue weighted by Crippen LogP contribution is 2.51. The number of carbonyl (C=O) groups is 1. The van der Waals surface area contributed by atoms with Crippen LogP contribution in [0, 0.1) is 3.57 Å². The summed E-state index contributed by atoms with van der Waals surface area (Å²) in [6.07, 6.45) is 5.86. The number of aromatic nitrogens is 1. The summed E-state index contributed by atoms with van der Waals surface area (Å²) in [6.45, 7) is 1.05. The molecule has 5 rings (SSSR count). The first-order chi connectivity index (χ1) is 13.6. The zero-order chi connectivity index (χ0) is 19.3. The lowest BCUT2D eigenvalue weighted by Gasteiger charge is -2.42. The Morgan fingerprint density at radius 3 is 2.61 bits per heavy atom. The fourth-order valence-electron chi connectivity index (χ4n) is 4.84. The molecule has 2 heterocycles. The number of hydrogen-bond acceptors (Lipinski definition) is 2. The van der Waals surface area contributed by atoms with E-state index in [1.807, 2.05) is 12.1 Å². The van der Waals surface area contributed by atoms with Gasteiger partial charge in [0.1, 0.15) is 0 Å². The number of aliphatic hydroxyl groups excluding tert-OH is 1. The number of hydrogen-bond donors (Lipinski definition) is 2. The second-order valence-corrected chi connectivity index (χ2v) is 9.31. The van der Waals surface area contributed by atoms with E-state index in [0.29, 0.717) is 25.1 Å². The second kappa shape index (κ2) is 6.88. The predicted octanol–water partition coefficient (Wildman–Crippen LogP) is 4.45. The first-order valence-electron chi connectivity index (χ1n) is 9.92. The van der Waals surface area contributed by atoms with Crippen LogP contribution in [0.1, 0.15) is 47.2 Å². The number of para-hydroxylation sites is 1. The highest BCUT2D eigenvalue weighted by atomic mass is 127. The van der Waals surface area contributed by atoms with Gasteiger partial charge in [0.05, 0.1) is 17.2 Å². The minimum absolute atomic E-state index is 0.00692. The molecule has 2 aromatic carbocycles. The van der Waals surface area contributed by atoms with Crippen LogP contribution in [0.5, 0.6) is 0 Å². The van der Waals surface area contributed by atoms with E-state index in [2.05, 4.69) is 64.1 Å². The summed E-state index contributed by atoms with van der Waals surface area (Å²) in [5, 5.41) is 10.9.